The van der Waals surface area contributed by atoms with Crippen LogP contribution in [-0.2, 0) is 6.42 Å². The second-order valence-corrected chi connectivity index (χ2v) is 2.98. The molecule has 0 radical (unpaired) electrons. The van der Waals surface area contributed by atoms with Crippen molar-refractivity contribution in [2.45, 2.75) is 19.8 Å². The summed E-state index contributed by atoms with van der Waals surface area (Å²) < 4.78 is 4.99. The Morgan fingerprint density at radius 3 is 2.85 bits per heavy atom. The zero-order valence-corrected chi connectivity index (χ0v) is 8.08. The molecule has 0 aromatic carbocycles. The average Bonchev–Trinajstić information content (AvgIpc) is 2.16. The van der Waals surface area contributed by atoms with Gasteiger partial charge >= 0.3 is 0 Å². The van der Waals surface area contributed by atoms with Crippen LogP contribution in [0.1, 0.15) is 17.5 Å². The third-order valence-corrected chi connectivity index (χ3v) is 2.01. The van der Waals surface area contributed by atoms with E-state index in [1.54, 1.807) is 7.11 Å². The number of ether oxygens (including phenoxy) is 1. The van der Waals surface area contributed by atoms with Crippen molar-refractivity contribution in [3.63, 3.8) is 0 Å². The smallest absolute Gasteiger partial charge is 0.213 e. The summed E-state index contributed by atoms with van der Waals surface area (Å²) in [5.74, 6) is 0.644. The average molecular weight is 181 g/mol. The zero-order valence-electron chi connectivity index (χ0n) is 8.08. The quantitative estimate of drug-likeness (QED) is 0.761. The molecule has 3 nitrogen and oxygen atoms in total. The minimum Gasteiger partial charge on any atom is -0.481 e. The highest BCUT2D eigenvalue weighted by atomic mass is 16.5. The maximum atomic E-state index is 8.67. The van der Waals surface area contributed by atoms with E-state index in [1.807, 2.05) is 19.2 Å². The molecule has 1 aromatic heterocycles. The third kappa shape index (κ3) is 2.70. The molecule has 1 heterocycles. The van der Waals surface area contributed by atoms with Crippen LogP contribution in [0.3, 0.4) is 0 Å². The van der Waals surface area contributed by atoms with Gasteiger partial charge in [0.05, 0.1) is 7.11 Å². The van der Waals surface area contributed by atoms with Gasteiger partial charge in [0.15, 0.2) is 0 Å². The highest BCUT2D eigenvalue weighted by molar-refractivity contribution is 5.28. The van der Waals surface area contributed by atoms with Crippen molar-refractivity contribution < 1.29 is 9.84 Å². The molecule has 0 spiro atoms. The van der Waals surface area contributed by atoms with Gasteiger partial charge in [0.25, 0.3) is 0 Å². The molecule has 0 bridgehead atoms. The van der Waals surface area contributed by atoms with Crippen molar-refractivity contribution in [1.82, 2.24) is 4.98 Å². The van der Waals surface area contributed by atoms with E-state index < -0.39 is 0 Å². The van der Waals surface area contributed by atoms with Crippen LogP contribution in [0.5, 0.6) is 5.88 Å². The molecule has 0 aliphatic carbocycles. The molecule has 0 unspecified atom stereocenters. The summed E-state index contributed by atoms with van der Waals surface area (Å²) in [6.45, 7) is 2.25. The van der Waals surface area contributed by atoms with Gasteiger partial charge in [-0.05, 0) is 30.9 Å². The van der Waals surface area contributed by atoms with Crippen molar-refractivity contribution in [1.29, 1.82) is 0 Å². The summed E-state index contributed by atoms with van der Waals surface area (Å²) in [6.07, 6.45) is 3.47. The van der Waals surface area contributed by atoms with Crippen LogP contribution in [0.25, 0.3) is 0 Å². The van der Waals surface area contributed by atoms with Crippen LogP contribution >= 0.6 is 0 Å². The Morgan fingerprint density at radius 2 is 2.31 bits per heavy atom. The maximum Gasteiger partial charge on any atom is 0.213 e. The minimum atomic E-state index is 0.228. The number of aryl methyl sites for hydroxylation is 2. The lowest BCUT2D eigenvalue weighted by molar-refractivity contribution is 0.288. The Morgan fingerprint density at radius 1 is 1.54 bits per heavy atom. The number of hydrogen-bond donors (Lipinski definition) is 1. The number of aliphatic hydroxyl groups is 1. The van der Waals surface area contributed by atoms with Gasteiger partial charge in [-0.25, -0.2) is 4.98 Å². The Labute approximate surface area is 78.4 Å². The molecule has 1 aromatic rings. The van der Waals surface area contributed by atoms with Crippen molar-refractivity contribution in [3.8, 4) is 5.88 Å². The van der Waals surface area contributed by atoms with Crippen LogP contribution in [-0.4, -0.2) is 23.8 Å². The van der Waals surface area contributed by atoms with E-state index >= 15 is 0 Å². The molecule has 1 rings (SSSR count). The topological polar surface area (TPSA) is 42.4 Å². The molecule has 0 aliphatic heterocycles. The first-order valence-electron chi connectivity index (χ1n) is 4.38. The number of nitrogens with zero attached hydrogens (tertiary/aromatic N) is 1. The fourth-order valence-corrected chi connectivity index (χ4v) is 1.20. The molecule has 13 heavy (non-hydrogen) atoms. The van der Waals surface area contributed by atoms with E-state index in [2.05, 4.69) is 4.98 Å². The minimum absolute atomic E-state index is 0.228. The lowest BCUT2D eigenvalue weighted by atomic mass is 10.1. The maximum absolute atomic E-state index is 8.67. The van der Waals surface area contributed by atoms with Gasteiger partial charge < -0.3 is 9.84 Å². The Hall–Kier alpha value is -1.09. The molecule has 0 fully saturated rings. The lowest BCUT2D eigenvalue weighted by Crippen LogP contribution is -1.96. The fourth-order valence-electron chi connectivity index (χ4n) is 1.20. The standard InChI is InChI=1S/C10H15NO2/c1-8-6-10(13-2)11-7-9(8)4-3-5-12/h6-7,12H,3-5H2,1-2H3. The van der Waals surface area contributed by atoms with Crippen molar-refractivity contribution in [2.24, 2.45) is 0 Å². The van der Waals surface area contributed by atoms with Gasteiger partial charge in [0.1, 0.15) is 0 Å². The van der Waals surface area contributed by atoms with E-state index in [0.717, 1.165) is 12.8 Å². The molecular formula is C10H15NO2. The Bertz CT molecular complexity index is 274. The molecular weight excluding hydrogens is 166 g/mol. The first kappa shape index (κ1) is 9.99. The molecule has 72 valence electrons. The van der Waals surface area contributed by atoms with Crippen molar-refractivity contribution in [2.75, 3.05) is 13.7 Å². The van der Waals surface area contributed by atoms with E-state index in [9.17, 15) is 0 Å². The van der Waals surface area contributed by atoms with Gasteiger partial charge in [-0.2, -0.15) is 0 Å². The zero-order chi connectivity index (χ0) is 9.68. The summed E-state index contributed by atoms with van der Waals surface area (Å²) >= 11 is 0. The monoisotopic (exact) mass is 181 g/mol. The summed E-state index contributed by atoms with van der Waals surface area (Å²) in [4.78, 5) is 4.11. The molecule has 0 aliphatic rings. The number of rotatable bonds is 4. The van der Waals surface area contributed by atoms with Gasteiger partial charge in [0.2, 0.25) is 5.88 Å². The normalized spacial score (nSPS) is 10.1. The first-order chi connectivity index (χ1) is 6.27. The molecule has 0 atom stereocenters. The Balaban J connectivity index is 2.73. The van der Waals surface area contributed by atoms with Crippen LogP contribution in [0, 0.1) is 6.92 Å². The summed E-state index contributed by atoms with van der Waals surface area (Å²) in [5.41, 5.74) is 2.34. The highest BCUT2D eigenvalue weighted by Crippen LogP contribution is 2.14. The predicted octanol–water partition coefficient (Wildman–Crippen LogP) is 1.32. The number of aromatic nitrogens is 1. The van der Waals surface area contributed by atoms with E-state index in [1.165, 1.54) is 11.1 Å². The van der Waals surface area contributed by atoms with E-state index in [-0.39, 0.29) is 6.61 Å². The first-order valence-corrected chi connectivity index (χ1v) is 4.38. The Kier molecular flexibility index (Phi) is 3.71. The lowest BCUT2D eigenvalue weighted by Gasteiger charge is -2.05. The van der Waals surface area contributed by atoms with Crippen LogP contribution < -0.4 is 4.74 Å². The number of methoxy groups -OCH3 is 1. The van der Waals surface area contributed by atoms with Crippen molar-refractivity contribution >= 4 is 0 Å². The highest BCUT2D eigenvalue weighted by Gasteiger charge is 2.00. The van der Waals surface area contributed by atoms with E-state index in [0.29, 0.717) is 5.88 Å². The SMILES string of the molecule is COc1cc(C)c(CCCO)cn1. The molecule has 0 amide bonds. The molecule has 0 saturated heterocycles. The largest absolute Gasteiger partial charge is 0.481 e. The second-order valence-electron chi connectivity index (χ2n) is 2.98. The molecule has 1 N–H and O–H groups in total. The predicted molar refractivity (Wildman–Crippen MR) is 50.9 cm³/mol. The summed E-state index contributed by atoms with van der Waals surface area (Å²) in [7, 11) is 1.61. The number of aliphatic hydroxyl groups excluding tert-OH is 1. The van der Waals surface area contributed by atoms with Gasteiger partial charge in [-0.15, -0.1) is 0 Å². The van der Waals surface area contributed by atoms with E-state index in [4.69, 9.17) is 9.84 Å². The van der Waals surface area contributed by atoms with Gasteiger partial charge in [-0.3, -0.25) is 0 Å². The molecule has 0 saturated carbocycles. The molecule has 3 heteroatoms. The van der Waals surface area contributed by atoms with Crippen LogP contribution in [0.15, 0.2) is 12.3 Å². The van der Waals surface area contributed by atoms with Crippen LogP contribution in [0.4, 0.5) is 0 Å². The summed E-state index contributed by atoms with van der Waals surface area (Å²) in [5, 5.41) is 8.67. The number of hydrogen-bond acceptors (Lipinski definition) is 3. The van der Waals surface area contributed by atoms with Gasteiger partial charge in [-0.1, -0.05) is 0 Å². The van der Waals surface area contributed by atoms with Crippen LogP contribution in [0.2, 0.25) is 0 Å². The fraction of sp³-hybridized carbons (Fsp3) is 0.500. The number of pyridine rings is 1. The van der Waals surface area contributed by atoms with Crippen molar-refractivity contribution in [3.05, 3.63) is 23.4 Å². The third-order valence-electron chi connectivity index (χ3n) is 2.01. The second kappa shape index (κ2) is 4.82. The summed E-state index contributed by atoms with van der Waals surface area (Å²) in [6, 6.07) is 1.91. The van der Waals surface area contributed by atoms with Gasteiger partial charge in [0, 0.05) is 18.9 Å².